The Morgan fingerprint density at radius 1 is 1.25 bits per heavy atom. The fourth-order valence-corrected chi connectivity index (χ4v) is 1.66. The summed E-state index contributed by atoms with van der Waals surface area (Å²) in [5.41, 5.74) is 8.08. The molecule has 0 aromatic carbocycles. The van der Waals surface area contributed by atoms with Gasteiger partial charge in [0.1, 0.15) is 5.84 Å². The van der Waals surface area contributed by atoms with E-state index in [0.717, 1.165) is 24.3 Å². The lowest BCUT2D eigenvalue weighted by atomic mass is 10.1. The van der Waals surface area contributed by atoms with Crippen LogP contribution in [0.2, 0.25) is 0 Å². The van der Waals surface area contributed by atoms with Gasteiger partial charge in [0, 0.05) is 13.1 Å². The number of rotatable bonds is 4. The summed E-state index contributed by atoms with van der Waals surface area (Å²) in [6, 6.07) is 0. The second kappa shape index (κ2) is 4.92. The Hall–Kier alpha value is -1.65. The van der Waals surface area contributed by atoms with Crippen LogP contribution < -0.4 is 10.6 Å². The van der Waals surface area contributed by atoms with Gasteiger partial charge in [-0.25, -0.2) is 0 Å². The quantitative estimate of drug-likeness (QED) is 0.592. The zero-order valence-corrected chi connectivity index (χ0v) is 10.3. The SMILES string of the molecule is CCN(CC)c1nnc(C)c(C)c1C(=N)N. The van der Waals surface area contributed by atoms with E-state index in [-0.39, 0.29) is 5.84 Å². The second-order valence-corrected chi connectivity index (χ2v) is 3.69. The Kier molecular flexibility index (Phi) is 3.82. The molecule has 0 amide bonds. The van der Waals surface area contributed by atoms with Crippen LogP contribution >= 0.6 is 0 Å². The Balaban J connectivity index is 3.39. The molecule has 0 fully saturated rings. The van der Waals surface area contributed by atoms with Crippen LogP contribution in [0.3, 0.4) is 0 Å². The van der Waals surface area contributed by atoms with Crippen molar-refractivity contribution >= 4 is 11.7 Å². The highest BCUT2D eigenvalue weighted by atomic mass is 15.3. The van der Waals surface area contributed by atoms with Crippen LogP contribution in [-0.2, 0) is 0 Å². The third-order valence-corrected chi connectivity index (χ3v) is 2.77. The maximum atomic E-state index is 7.64. The molecule has 0 atom stereocenters. The van der Waals surface area contributed by atoms with Crippen molar-refractivity contribution in [3.05, 3.63) is 16.8 Å². The van der Waals surface area contributed by atoms with Crippen LogP contribution in [0.4, 0.5) is 5.82 Å². The molecule has 0 aliphatic carbocycles. The van der Waals surface area contributed by atoms with E-state index in [1.54, 1.807) is 0 Å². The van der Waals surface area contributed by atoms with Gasteiger partial charge < -0.3 is 10.6 Å². The maximum absolute atomic E-state index is 7.64. The Morgan fingerprint density at radius 3 is 2.25 bits per heavy atom. The number of hydrogen-bond acceptors (Lipinski definition) is 4. The van der Waals surface area contributed by atoms with Crippen molar-refractivity contribution < 1.29 is 0 Å². The van der Waals surface area contributed by atoms with Crippen LogP contribution in [0, 0.1) is 19.3 Å². The molecule has 5 nitrogen and oxygen atoms in total. The molecule has 0 aliphatic rings. The lowest BCUT2D eigenvalue weighted by Gasteiger charge is -2.23. The third-order valence-electron chi connectivity index (χ3n) is 2.77. The first-order valence-corrected chi connectivity index (χ1v) is 5.46. The number of anilines is 1. The zero-order chi connectivity index (χ0) is 12.3. The molecule has 0 aliphatic heterocycles. The lowest BCUT2D eigenvalue weighted by Crippen LogP contribution is -2.28. The van der Waals surface area contributed by atoms with E-state index in [1.165, 1.54) is 0 Å². The van der Waals surface area contributed by atoms with E-state index >= 15 is 0 Å². The average Bonchev–Trinajstić information content (AvgIpc) is 2.24. The number of nitrogens with zero attached hydrogens (tertiary/aromatic N) is 3. The molecule has 0 spiro atoms. The van der Waals surface area contributed by atoms with Gasteiger partial charge in [-0.3, -0.25) is 5.41 Å². The summed E-state index contributed by atoms with van der Waals surface area (Å²) in [6.07, 6.45) is 0. The summed E-state index contributed by atoms with van der Waals surface area (Å²) in [5.74, 6) is 0.762. The van der Waals surface area contributed by atoms with Crippen LogP contribution in [0.25, 0.3) is 0 Å². The number of amidine groups is 1. The van der Waals surface area contributed by atoms with Crippen molar-refractivity contribution in [3.63, 3.8) is 0 Å². The number of nitrogens with one attached hydrogen (secondary N) is 1. The fourth-order valence-electron chi connectivity index (χ4n) is 1.66. The summed E-state index contributed by atoms with van der Waals surface area (Å²) in [6.45, 7) is 9.55. The molecular weight excluding hydrogens is 202 g/mol. The van der Waals surface area contributed by atoms with Gasteiger partial charge in [-0.05, 0) is 33.3 Å². The zero-order valence-electron chi connectivity index (χ0n) is 10.3. The highest BCUT2D eigenvalue weighted by Gasteiger charge is 2.17. The second-order valence-electron chi connectivity index (χ2n) is 3.69. The fraction of sp³-hybridized carbons (Fsp3) is 0.545. The number of aryl methyl sites for hydroxylation is 1. The van der Waals surface area contributed by atoms with Gasteiger partial charge in [0.25, 0.3) is 0 Å². The number of nitrogen functional groups attached to an aromatic ring is 1. The molecule has 0 unspecified atom stereocenters. The first kappa shape index (κ1) is 12.4. The maximum Gasteiger partial charge on any atom is 0.162 e. The third kappa shape index (κ3) is 2.13. The molecule has 0 bridgehead atoms. The van der Waals surface area contributed by atoms with E-state index in [9.17, 15) is 0 Å². The normalized spacial score (nSPS) is 10.2. The molecule has 0 saturated carbocycles. The molecule has 1 heterocycles. The van der Waals surface area contributed by atoms with Crippen molar-refractivity contribution in [2.45, 2.75) is 27.7 Å². The van der Waals surface area contributed by atoms with Gasteiger partial charge in [0.2, 0.25) is 0 Å². The van der Waals surface area contributed by atoms with Gasteiger partial charge in [0.15, 0.2) is 5.82 Å². The molecule has 1 rings (SSSR count). The van der Waals surface area contributed by atoms with Crippen LogP contribution in [0.1, 0.15) is 30.7 Å². The van der Waals surface area contributed by atoms with Crippen molar-refractivity contribution in [3.8, 4) is 0 Å². The topological polar surface area (TPSA) is 78.9 Å². The van der Waals surface area contributed by atoms with Gasteiger partial charge >= 0.3 is 0 Å². The highest BCUT2D eigenvalue weighted by molar-refractivity contribution is 6.01. The molecule has 16 heavy (non-hydrogen) atoms. The minimum Gasteiger partial charge on any atom is -0.384 e. The first-order valence-electron chi connectivity index (χ1n) is 5.46. The lowest BCUT2D eigenvalue weighted by molar-refractivity contribution is 0.811. The van der Waals surface area contributed by atoms with Crippen LogP contribution in [-0.4, -0.2) is 29.1 Å². The predicted molar refractivity (Wildman–Crippen MR) is 66.1 cm³/mol. The largest absolute Gasteiger partial charge is 0.384 e. The summed E-state index contributed by atoms with van der Waals surface area (Å²) >= 11 is 0. The van der Waals surface area contributed by atoms with E-state index in [4.69, 9.17) is 11.1 Å². The van der Waals surface area contributed by atoms with Crippen molar-refractivity contribution in [1.82, 2.24) is 10.2 Å². The molecule has 5 heteroatoms. The molecule has 0 saturated heterocycles. The average molecular weight is 221 g/mol. The van der Waals surface area contributed by atoms with Crippen molar-refractivity contribution in [2.24, 2.45) is 5.73 Å². The molecule has 3 N–H and O–H groups in total. The summed E-state index contributed by atoms with van der Waals surface area (Å²) in [5, 5.41) is 15.9. The molecule has 88 valence electrons. The summed E-state index contributed by atoms with van der Waals surface area (Å²) < 4.78 is 0. The number of aromatic nitrogens is 2. The van der Waals surface area contributed by atoms with E-state index in [0.29, 0.717) is 11.4 Å². The number of nitrogens with two attached hydrogens (primary N) is 1. The number of hydrogen-bond donors (Lipinski definition) is 2. The van der Waals surface area contributed by atoms with Gasteiger partial charge in [-0.15, -0.1) is 5.10 Å². The van der Waals surface area contributed by atoms with E-state index in [1.807, 2.05) is 27.7 Å². The Labute approximate surface area is 96.2 Å². The van der Waals surface area contributed by atoms with Gasteiger partial charge in [0.05, 0.1) is 11.3 Å². The summed E-state index contributed by atoms with van der Waals surface area (Å²) in [7, 11) is 0. The summed E-state index contributed by atoms with van der Waals surface area (Å²) in [4.78, 5) is 2.05. The Morgan fingerprint density at radius 2 is 1.81 bits per heavy atom. The van der Waals surface area contributed by atoms with Crippen molar-refractivity contribution in [2.75, 3.05) is 18.0 Å². The van der Waals surface area contributed by atoms with Crippen molar-refractivity contribution in [1.29, 1.82) is 5.41 Å². The van der Waals surface area contributed by atoms with Gasteiger partial charge in [-0.1, -0.05) is 0 Å². The highest BCUT2D eigenvalue weighted by Crippen LogP contribution is 2.21. The first-order chi connectivity index (χ1) is 7.52. The van der Waals surface area contributed by atoms with E-state index in [2.05, 4.69) is 15.1 Å². The molecule has 1 aromatic rings. The molecule has 1 aromatic heterocycles. The molecular formula is C11H19N5. The van der Waals surface area contributed by atoms with Crippen LogP contribution in [0.5, 0.6) is 0 Å². The Bertz CT molecular complexity index is 396. The predicted octanol–water partition coefficient (Wildman–Crippen LogP) is 1.22. The standard InChI is InChI=1S/C11H19N5/c1-5-16(6-2)11-9(10(12)13)7(3)8(4)14-15-11/h5-6H2,1-4H3,(H3,12,13). The van der Waals surface area contributed by atoms with E-state index < -0.39 is 0 Å². The monoisotopic (exact) mass is 221 g/mol. The minimum atomic E-state index is 0.0531. The molecule has 0 radical (unpaired) electrons. The minimum absolute atomic E-state index is 0.0531. The smallest absolute Gasteiger partial charge is 0.162 e. The van der Waals surface area contributed by atoms with Gasteiger partial charge in [-0.2, -0.15) is 5.10 Å². The van der Waals surface area contributed by atoms with Crippen LogP contribution in [0.15, 0.2) is 0 Å².